The maximum Gasteiger partial charge on any atom is 0.152 e. The smallest absolute Gasteiger partial charge is 0.152 e. The highest BCUT2D eigenvalue weighted by molar-refractivity contribution is 5.41. The summed E-state index contributed by atoms with van der Waals surface area (Å²) < 4.78 is -0.284. The molecule has 0 aliphatic carbocycles. The quantitative estimate of drug-likeness (QED) is 0.485. The average molecular weight is 165 g/mol. The van der Waals surface area contributed by atoms with Gasteiger partial charge in [-0.15, -0.1) is 0 Å². The van der Waals surface area contributed by atoms with Gasteiger partial charge in [0.25, 0.3) is 0 Å². The highest BCUT2D eigenvalue weighted by Crippen LogP contribution is 2.20. The number of rotatable bonds is 1. The van der Waals surface area contributed by atoms with Crippen LogP contribution in [0.25, 0.3) is 0 Å². The lowest BCUT2D eigenvalue weighted by atomic mass is 10.4. The first kappa shape index (κ1) is 7.67. The second-order valence-corrected chi connectivity index (χ2v) is 2.98. The Morgan fingerprint density at radius 2 is 2.50 bits per heavy atom. The summed E-state index contributed by atoms with van der Waals surface area (Å²) in [5.74, 6) is 0. The van der Waals surface area contributed by atoms with Crippen LogP contribution in [0.4, 0.5) is 5.69 Å². The molecule has 0 saturated carbocycles. The Kier molecular flexibility index (Phi) is 1.80. The molecule has 1 aromatic heterocycles. The number of nitrogens with zero attached hydrogens (tertiary/aromatic N) is 2. The van der Waals surface area contributed by atoms with Crippen LogP contribution in [0.5, 0.6) is 0 Å². The van der Waals surface area contributed by atoms with Crippen LogP contribution >= 0.6 is 0 Å². The van der Waals surface area contributed by atoms with E-state index in [0.29, 0.717) is 13.2 Å². The molecule has 12 heavy (non-hydrogen) atoms. The minimum absolute atomic E-state index is 0.284. The van der Waals surface area contributed by atoms with Crippen molar-refractivity contribution in [1.29, 1.82) is 0 Å². The fraction of sp³-hybridized carbons (Fsp3) is 0.375. The number of hydroxylamine groups is 2. The Morgan fingerprint density at radius 1 is 1.58 bits per heavy atom. The summed E-state index contributed by atoms with van der Waals surface area (Å²) in [6.45, 7) is 1.86. The van der Waals surface area contributed by atoms with E-state index in [9.17, 15) is 5.21 Å². The molecule has 2 heterocycles. The molecule has 1 aliphatic rings. The molecule has 2 rings (SSSR count). The third-order valence-corrected chi connectivity index (χ3v) is 2.13. The number of aromatic nitrogens is 1. The number of quaternary nitrogens is 1. The summed E-state index contributed by atoms with van der Waals surface area (Å²) >= 11 is 0. The molecular weight excluding hydrogens is 154 g/mol. The highest BCUT2D eigenvalue weighted by atomic mass is 16.6. The van der Waals surface area contributed by atoms with E-state index >= 15 is 0 Å². The van der Waals surface area contributed by atoms with E-state index in [-0.39, 0.29) is 4.65 Å². The zero-order valence-corrected chi connectivity index (χ0v) is 6.73. The van der Waals surface area contributed by atoms with Gasteiger partial charge >= 0.3 is 0 Å². The molecule has 1 aliphatic heterocycles. The first-order chi connectivity index (χ1) is 5.81. The Bertz CT molecular complexity index is 256. The summed E-state index contributed by atoms with van der Waals surface area (Å²) in [6.07, 6.45) is 3.32. The third-order valence-electron chi connectivity index (χ3n) is 2.13. The molecule has 0 bridgehead atoms. The summed E-state index contributed by atoms with van der Waals surface area (Å²) in [7, 11) is 0. The van der Waals surface area contributed by atoms with Crippen molar-refractivity contribution in [2.45, 2.75) is 0 Å². The van der Waals surface area contributed by atoms with Gasteiger partial charge in [-0.1, -0.05) is 0 Å². The Hall–Kier alpha value is -0.970. The van der Waals surface area contributed by atoms with Crippen molar-refractivity contribution in [2.75, 3.05) is 19.8 Å². The molecule has 0 aromatic carbocycles. The lowest BCUT2D eigenvalue weighted by molar-refractivity contribution is 0.448. The first-order valence-corrected chi connectivity index (χ1v) is 4.01. The number of pyridine rings is 1. The van der Waals surface area contributed by atoms with Crippen molar-refractivity contribution in [1.82, 2.24) is 14.9 Å². The average Bonchev–Trinajstić information content (AvgIpc) is 2.55. The molecule has 1 atom stereocenters. The molecule has 1 saturated heterocycles. The number of nitrogens with one attached hydrogen (secondary N) is 1. The predicted molar refractivity (Wildman–Crippen MR) is 47.1 cm³/mol. The molecule has 64 valence electrons. The standard InChI is InChI=1S/C8H11N3O/c12-11(5-4-10-7-11)8-2-1-3-9-6-8/h1-3,6,10H,4-5,7H2. The summed E-state index contributed by atoms with van der Waals surface area (Å²) in [6, 6.07) is 3.62. The lowest BCUT2D eigenvalue weighted by Gasteiger charge is -2.36. The molecule has 0 amide bonds. The third kappa shape index (κ3) is 1.20. The zero-order valence-electron chi connectivity index (χ0n) is 6.73. The fourth-order valence-electron chi connectivity index (χ4n) is 1.41. The van der Waals surface area contributed by atoms with Crippen LogP contribution in [0.2, 0.25) is 0 Å². The lowest BCUT2D eigenvalue weighted by Crippen LogP contribution is -2.41. The van der Waals surface area contributed by atoms with Gasteiger partial charge in [0.2, 0.25) is 0 Å². The minimum Gasteiger partial charge on any atom is -0.626 e. The fourth-order valence-corrected chi connectivity index (χ4v) is 1.41. The van der Waals surface area contributed by atoms with E-state index in [1.54, 1.807) is 18.5 Å². The summed E-state index contributed by atoms with van der Waals surface area (Å²) in [5.41, 5.74) is 0.738. The van der Waals surface area contributed by atoms with Crippen LogP contribution in [0.1, 0.15) is 0 Å². The van der Waals surface area contributed by atoms with Crippen LogP contribution in [0.3, 0.4) is 0 Å². The summed E-state index contributed by atoms with van der Waals surface area (Å²) in [4.78, 5) is 3.93. The van der Waals surface area contributed by atoms with Gasteiger partial charge in [0.15, 0.2) is 5.69 Å². The molecule has 4 heteroatoms. The number of hydrogen-bond donors (Lipinski definition) is 1. The van der Waals surface area contributed by atoms with Gasteiger partial charge < -0.3 is 9.85 Å². The molecule has 1 aromatic rings. The SMILES string of the molecule is [O-][N+]1(c2cccnc2)CCNC1. The number of hydrogen-bond acceptors (Lipinski definition) is 3. The Labute approximate surface area is 71.0 Å². The van der Waals surface area contributed by atoms with Crippen molar-refractivity contribution in [3.8, 4) is 0 Å². The van der Waals surface area contributed by atoms with Crippen LogP contribution < -0.4 is 9.96 Å². The maximum atomic E-state index is 11.9. The van der Waals surface area contributed by atoms with E-state index in [0.717, 1.165) is 12.2 Å². The van der Waals surface area contributed by atoms with E-state index in [1.807, 2.05) is 6.07 Å². The van der Waals surface area contributed by atoms with Crippen LogP contribution in [-0.2, 0) is 0 Å². The van der Waals surface area contributed by atoms with E-state index in [2.05, 4.69) is 10.3 Å². The Balaban J connectivity index is 2.29. The van der Waals surface area contributed by atoms with Crippen LogP contribution in [0.15, 0.2) is 24.5 Å². The van der Waals surface area contributed by atoms with Gasteiger partial charge in [-0.2, -0.15) is 0 Å². The van der Waals surface area contributed by atoms with Gasteiger partial charge in [-0.05, 0) is 6.07 Å². The van der Waals surface area contributed by atoms with E-state index in [4.69, 9.17) is 0 Å². The predicted octanol–water partition coefficient (Wildman–Crippen LogP) is 0.447. The van der Waals surface area contributed by atoms with Crippen LogP contribution in [-0.4, -0.2) is 24.7 Å². The van der Waals surface area contributed by atoms with Crippen LogP contribution in [0, 0.1) is 5.21 Å². The van der Waals surface area contributed by atoms with Gasteiger partial charge in [-0.25, -0.2) is 0 Å². The van der Waals surface area contributed by atoms with E-state index in [1.165, 1.54) is 0 Å². The normalized spacial score (nSPS) is 29.1. The molecule has 4 nitrogen and oxygen atoms in total. The van der Waals surface area contributed by atoms with Gasteiger partial charge in [0.1, 0.15) is 6.67 Å². The molecular formula is C8H11N3O. The topological polar surface area (TPSA) is 48.0 Å². The van der Waals surface area contributed by atoms with Gasteiger partial charge in [0.05, 0.1) is 19.3 Å². The van der Waals surface area contributed by atoms with Crippen molar-refractivity contribution in [2.24, 2.45) is 0 Å². The molecule has 1 N–H and O–H groups in total. The largest absolute Gasteiger partial charge is 0.626 e. The monoisotopic (exact) mass is 165 g/mol. The zero-order chi connectivity index (χ0) is 8.44. The van der Waals surface area contributed by atoms with Gasteiger partial charge in [-0.3, -0.25) is 10.3 Å². The second kappa shape index (κ2) is 2.82. The van der Waals surface area contributed by atoms with E-state index < -0.39 is 0 Å². The van der Waals surface area contributed by atoms with Gasteiger partial charge in [0, 0.05) is 12.3 Å². The van der Waals surface area contributed by atoms with Crippen molar-refractivity contribution >= 4 is 5.69 Å². The molecule has 1 unspecified atom stereocenters. The van der Waals surface area contributed by atoms with Crippen molar-refractivity contribution in [3.05, 3.63) is 29.7 Å². The maximum absolute atomic E-state index is 11.9. The minimum atomic E-state index is -0.284. The van der Waals surface area contributed by atoms with Crippen molar-refractivity contribution in [3.63, 3.8) is 0 Å². The first-order valence-electron chi connectivity index (χ1n) is 4.01. The molecule has 1 fully saturated rings. The second-order valence-electron chi connectivity index (χ2n) is 2.98. The highest BCUT2D eigenvalue weighted by Gasteiger charge is 2.24. The van der Waals surface area contributed by atoms with Crippen molar-refractivity contribution < 1.29 is 0 Å². The molecule has 0 radical (unpaired) electrons. The molecule has 0 spiro atoms. The Morgan fingerprint density at radius 3 is 3.08 bits per heavy atom. The summed E-state index contributed by atoms with van der Waals surface area (Å²) in [5, 5.41) is 15.0.